The van der Waals surface area contributed by atoms with Gasteiger partial charge in [0.1, 0.15) is 12.2 Å². The summed E-state index contributed by atoms with van der Waals surface area (Å²) in [7, 11) is 0. The molecule has 0 atom stereocenters. The van der Waals surface area contributed by atoms with Crippen LogP contribution in [-0.2, 0) is 13.1 Å². The molecule has 0 fully saturated rings. The molecule has 0 saturated carbocycles. The van der Waals surface area contributed by atoms with Gasteiger partial charge in [0.15, 0.2) is 0 Å². The Kier molecular flexibility index (Phi) is 2.31. The smallest absolute Gasteiger partial charge is 0.141 e. The Bertz CT molecular complexity index is 279. The molecule has 0 radical (unpaired) electrons. The van der Waals surface area contributed by atoms with Gasteiger partial charge in [-0.15, -0.1) is 0 Å². The minimum absolute atomic E-state index is 0.731. The van der Waals surface area contributed by atoms with E-state index < -0.39 is 0 Å². The Morgan fingerprint density at radius 2 is 2.31 bits per heavy atom. The first-order valence-electron chi connectivity index (χ1n) is 4.85. The van der Waals surface area contributed by atoms with E-state index in [1.807, 2.05) is 4.68 Å². The predicted octanol–water partition coefficient (Wildman–Crippen LogP) is 0.750. The van der Waals surface area contributed by atoms with Gasteiger partial charge in [-0.1, -0.05) is 13.8 Å². The van der Waals surface area contributed by atoms with E-state index in [1.165, 1.54) is 0 Å². The third-order valence-corrected chi connectivity index (χ3v) is 2.31. The molecule has 0 aliphatic carbocycles. The summed E-state index contributed by atoms with van der Waals surface area (Å²) in [5, 5.41) is 4.15. The Morgan fingerprint density at radius 3 is 3.08 bits per heavy atom. The molecule has 2 rings (SSSR count). The molecule has 1 aromatic rings. The summed E-state index contributed by atoms with van der Waals surface area (Å²) in [6.07, 6.45) is 1.65. The van der Waals surface area contributed by atoms with Gasteiger partial charge in [0, 0.05) is 13.1 Å². The van der Waals surface area contributed by atoms with Gasteiger partial charge in [-0.05, 0) is 5.92 Å². The normalized spacial score (nSPS) is 17.8. The lowest BCUT2D eigenvalue weighted by atomic mass is 10.2. The van der Waals surface area contributed by atoms with Crippen molar-refractivity contribution in [3.05, 3.63) is 12.2 Å². The monoisotopic (exact) mass is 180 g/mol. The maximum atomic E-state index is 4.22. The van der Waals surface area contributed by atoms with Crippen LogP contribution in [0.1, 0.15) is 19.7 Å². The molecular weight excluding hydrogens is 164 g/mol. The third kappa shape index (κ3) is 1.88. The molecule has 72 valence electrons. The molecule has 1 aliphatic heterocycles. The SMILES string of the molecule is CC(C)CN1CCn2ncnc2C1. The summed E-state index contributed by atoms with van der Waals surface area (Å²) >= 11 is 0. The van der Waals surface area contributed by atoms with E-state index in [0.29, 0.717) is 0 Å². The molecule has 0 saturated heterocycles. The largest absolute Gasteiger partial charge is 0.294 e. The van der Waals surface area contributed by atoms with Crippen LogP contribution in [0.25, 0.3) is 0 Å². The molecule has 0 unspecified atom stereocenters. The second-order valence-electron chi connectivity index (χ2n) is 4.03. The summed E-state index contributed by atoms with van der Waals surface area (Å²) in [5.74, 6) is 1.83. The van der Waals surface area contributed by atoms with Crippen molar-refractivity contribution >= 4 is 0 Å². The number of nitrogens with zero attached hydrogens (tertiary/aromatic N) is 4. The van der Waals surface area contributed by atoms with Crippen LogP contribution in [0.4, 0.5) is 0 Å². The lowest BCUT2D eigenvalue weighted by Gasteiger charge is -2.27. The van der Waals surface area contributed by atoms with Crippen LogP contribution < -0.4 is 0 Å². The lowest BCUT2D eigenvalue weighted by molar-refractivity contribution is 0.188. The van der Waals surface area contributed by atoms with Gasteiger partial charge in [-0.25, -0.2) is 9.67 Å². The average molecular weight is 180 g/mol. The van der Waals surface area contributed by atoms with E-state index in [1.54, 1.807) is 6.33 Å². The quantitative estimate of drug-likeness (QED) is 0.673. The Balaban J connectivity index is 2.00. The molecule has 4 nitrogen and oxygen atoms in total. The van der Waals surface area contributed by atoms with E-state index >= 15 is 0 Å². The number of aromatic nitrogens is 3. The minimum atomic E-state index is 0.731. The molecule has 4 heteroatoms. The highest BCUT2D eigenvalue weighted by atomic mass is 15.4. The number of hydrogen-bond acceptors (Lipinski definition) is 3. The second-order valence-corrected chi connectivity index (χ2v) is 4.03. The first kappa shape index (κ1) is 8.69. The second kappa shape index (κ2) is 3.46. The van der Waals surface area contributed by atoms with Gasteiger partial charge in [-0.3, -0.25) is 4.90 Å². The van der Waals surface area contributed by atoms with Crippen molar-refractivity contribution in [3.63, 3.8) is 0 Å². The van der Waals surface area contributed by atoms with E-state index in [2.05, 4.69) is 28.8 Å². The molecule has 13 heavy (non-hydrogen) atoms. The van der Waals surface area contributed by atoms with Crippen LogP contribution in [0, 0.1) is 5.92 Å². The topological polar surface area (TPSA) is 34.0 Å². The first-order chi connectivity index (χ1) is 6.25. The van der Waals surface area contributed by atoms with E-state index in [9.17, 15) is 0 Å². The Labute approximate surface area is 78.6 Å². The van der Waals surface area contributed by atoms with Crippen molar-refractivity contribution in [1.29, 1.82) is 0 Å². The molecule has 0 aromatic carbocycles. The molecule has 0 bridgehead atoms. The summed E-state index contributed by atoms with van der Waals surface area (Å²) in [5.41, 5.74) is 0. The fourth-order valence-corrected chi connectivity index (χ4v) is 1.78. The van der Waals surface area contributed by atoms with Crippen molar-refractivity contribution in [2.45, 2.75) is 26.9 Å². The molecule has 1 aliphatic rings. The molecular formula is C9H16N4. The first-order valence-corrected chi connectivity index (χ1v) is 4.85. The highest BCUT2D eigenvalue weighted by Crippen LogP contribution is 2.09. The van der Waals surface area contributed by atoms with E-state index in [-0.39, 0.29) is 0 Å². The zero-order chi connectivity index (χ0) is 9.26. The van der Waals surface area contributed by atoms with Gasteiger partial charge in [0.05, 0.1) is 13.1 Å². The van der Waals surface area contributed by atoms with Gasteiger partial charge >= 0.3 is 0 Å². The van der Waals surface area contributed by atoms with Crippen LogP contribution >= 0.6 is 0 Å². The predicted molar refractivity (Wildman–Crippen MR) is 50.1 cm³/mol. The maximum absolute atomic E-state index is 4.22. The Morgan fingerprint density at radius 1 is 1.46 bits per heavy atom. The zero-order valence-electron chi connectivity index (χ0n) is 8.27. The highest BCUT2D eigenvalue weighted by Gasteiger charge is 2.17. The summed E-state index contributed by atoms with van der Waals surface area (Å²) in [4.78, 5) is 6.66. The summed E-state index contributed by atoms with van der Waals surface area (Å²) < 4.78 is 2.00. The van der Waals surface area contributed by atoms with Crippen molar-refractivity contribution in [2.75, 3.05) is 13.1 Å². The van der Waals surface area contributed by atoms with Crippen LogP contribution in [0.3, 0.4) is 0 Å². The number of rotatable bonds is 2. The minimum Gasteiger partial charge on any atom is -0.294 e. The summed E-state index contributed by atoms with van der Waals surface area (Å²) in [6.45, 7) is 8.71. The van der Waals surface area contributed by atoms with Gasteiger partial charge in [-0.2, -0.15) is 5.10 Å². The molecule has 0 amide bonds. The molecule has 0 spiro atoms. The third-order valence-electron chi connectivity index (χ3n) is 2.31. The standard InChI is InChI=1S/C9H16N4/c1-8(2)5-12-3-4-13-9(6-12)10-7-11-13/h7-8H,3-6H2,1-2H3. The van der Waals surface area contributed by atoms with E-state index in [0.717, 1.165) is 37.9 Å². The van der Waals surface area contributed by atoms with Gasteiger partial charge < -0.3 is 0 Å². The van der Waals surface area contributed by atoms with Crippen LogP contribution in [0.2, 0.25) is 0 Å². The Hall–Kier alpha value is -0.900. The average Bonchev–Trinajstić information content (AvgIpc) is 2.49. The van der Waals surface area contributed by atoms with Crippen LogP contribution in [0.15, 0.2) is 6.33 Å². The molecule has 1 aromatic heterocycles. The zero-order valence-corrected chi connectivity index (χ0v) is 8.27. The number of fused-ring (bicyclic) bond motifs is 1. The van der Waals surface area contributed by atoms with Gasteiger partial charge in [0.25, 0.3) is 0 Å². The van der Waals surface area contributed by atoms with Crippen LogP contribution in [0.5, 0.6) is 0 Å². The van der Waals surface area contributed by atoms with Gasteiger partial charge in [0.2, 0.25) is 0 Å². The summed E-state index contributed by atoms with van der Waals surface area (Å²) in [6, 6.07) is 0. The maximum Gasteiger partial charge on any atom is 0.141 e. The molecule has 0 N–H and O–H groups in total. The number of hydrogen-bond donors (Lipinski definition) is 0. The fraction of sp³-hybridized carbons (Fsp3) is 0.778. The van der Waals surface area contributed by atoms with Crippen molar-refractivity contribution in [1.82, 2.24) is 19.7 Å². The fourth-order valence-electron chi connectivity index (χ4n) is 1.78. The van der Waals surface area contributed by atoms with Crippen molar-refractivity contribution < 1.29 is 0 Å². The van der Waals surface area contributed by atoms with Crippen LogP contribution in [-0.4, -0.2) is 32.8 Å². The van der Waals surface area contributed by atoms with Crippen molar-refractivity contribution in [2.24, 2.45) is 5.92 Å². The van der Waals surface area contributed by atoms with Crippen molar-refractivity contribution in [3.8, 4) is 0 Å². The van der Waals surface area contributed by atoms with E-state index in [4.69, 9.17) is 0 Å². The lowest BCUT2D eigenvalue weighted by Crippen LogP contribution is -2.36. The highest BCUT2D eigenvalue weighted by molar-refractivity contribution is 4.88. The molecule has 2 heterocycles.